The van der Waals surface area contributed by atoms with E-state index >= 15 is 0 Å². The molecule has 0 saturated heterocycles. The van der Waals surface area contributed by atoms with E-state index < -0.39 is 5.41 Å². The van der Waals surface area contributed by atoms with Gasteiger partial charge in [0, 0.05) is 15.5 Å². The Balaban J connectivity index is 2.19. The number of halogens is 1. The van der Waals surface area contributed by atoms with Gasteiger partial charge in [-0.1, -0.05) is 36.7 Å². The van der Waals surface area contributed by atoms with Gasteiger partial charge in [0.15, 0.2) is 11.5 Å². The molecule has 0 amide bonds. The van der Waals surface area contributed by atoms with Gasteiger partial charge in [-0.2, -0.15) is 9.78 Å². The van der Waals surface area contributed by atoms with Gasteiger partial charge in [0.25, 0.3) is 5.56 Å². The zero-order valence-electron chi connectivity index (χ0n) is 18.5. The molecule has 1 heterocycles. The molecule has 0 fully saturated rings. The van der Waals surface area contributed by atoms with Crippen LogP contribution in [0.1, 0.15) is 39.1 Å². The van der Waals surface area contributed by atoms with E-state index in [2.05, 4.69) is 21.0 Å². The third-order valence-corrected chi connectivity index (χ3v) is 5.07. The van der Waals surface area contributed by atoms with Crippen LogP contribution in [0.15, 0.2) is 44.7 Å². The summed E-state index contributed by atoms with van der Waals surface area (Å²) >= 11 is 3.42. The van der Waals surface area contributed by atoms with Gasteiger partial charge in [0.05, 0.1) is 37.9 Å². The fraction of sp³-hybridized carbons (Fsp3) is 0.348. The zero-order valence-corrected chi connectivity index (χ0v) is 20.1. The van der Waals surface area contributed by atoms with Crippen LogP contribution in [0.2, 0.25) is 0 Å². The van der Waals surface area contributed by atoms with E-state index in [-0.39, 0.29) is 5.56 Å². The van der Waals surface area contributed by atoms with Crippen molar-refractivity contribution in [3.8, 4) is 17.2 Å². The van der Waals surface area contributed by atoms with Gasteiger partial charge >= 0.3 is 0 Å². The van der Waals surface area contributed by atoms with Gasteiger partial charge in [-0.25, -0.2) is 4.98 Å². The first-order valence-corrected chi connectivity index (χ1v) is 10.6. The van der Waals surface area contributed by atoms with Crippen molar-refractivity contribution in [2.75, 3.05) is 20.8 Å². The van der Waals surface area contributed by atoms with Crippen molar-refractivity contribution < 1.29 is 14.2 Å². The summed E-state index contributed by atoms with van der Waals surface area (Å²) in [6.45, 7) is 8.35. The van der Waals surface area contributed by atoms with Crippen molar-refractivity contribution in [2.45, 2.75) is 33.1 Å². The fourth-order valence-electron chi connectivity index (χ4n) is 3.13. The van der Waals surface area contributed by atoms with E-state index in [0.29, 0.717) is 46.1 Å². The van der Waals surface area contributed by atoms with Crippen molar-refractivity contribution in [3.05, 3.63) is 56.5 Å². The van der Waals surface area contributed by atoms with Crippen LogP contribution >= 0.6 is 15.9 Å². The Kier molecular flexibility index (Phi) is 6.69. The standard InChI is InChI=1S/C23H26BrN3O4/c1-7-31-20-18(29-5)10-14(11-19(20)30-6)13-25-27-21(28)16-12-15(24)8-9-17(16)26-22(27)23(2,3)4/h8-13H,7H2,1-6H3. The average Bonchev–Trinajstić information content (AvgIpc) is 2.73. The van der Waals surface area contributed by atoms with Gasteiger partial charge in [-0.05, 0) is 37.3 Å². The molecule has 0 aliphatic rings. The highest BCUT2D eigenvalue weighted by Gasteiger charge is 2.23. The van der Waals surface area contributed by atoms with Gasteiger partial charge in [-0.3, -0.25) is 4.79 Å². The molecule has 31 heavy (non-hydrogen) atoms. The van der Waals surface area contributed by atoms with E-state index in [1.807, 2.05) is 39.8 Å². The second-order valence-electron chi connectivity index (χ2n) is 7.90. The summed E-state index contributed by atoms with van der Waals surface area (Å²) in [7, 11) is 3.12. The van der Waals surface area contributed by atoms with Crippen LogP contribution in [0.4, 0.5) is 0 Å². The van der Waals surface area contributed by atoms with Gasteiger partial charge in [0.2, 0.25) is 5.75 Å². The van der Waals surface area contributed by atoms with Crippen molar-refractivity contribution in [2.24, 2.45) is 5.10 Å². The maximum absolute atomic E-state index is 13.3. The molecule has 0 bridgehead atoms. The number of ether oxygens (including phenoxy) is 3. The zero-order chi connectivity index (χ0) is 22.8. The number of nitrogens with zero attached hydrogens (tertiary/aromatic N) is 3. The molecule has 2 aromatic carbocycles. The van der Waals surface area contributed by atoms with E-state index in [4.69, 9.17) is 19.2 Å². The number of rotatable bonds is 6. The lowest BCUT2D eigenvalue weighted by atomic mass is 9.95. The molecule has 164 valence electrons. The number of aromatic nitrogens is 2. The van der Waals surface area contributed by atoms with Crippen LogP contribution in [0.3, 0.4) is 0 Å². The SMILES string of the molecule is CCOc1c(OC)cc(C=Nn2c(C(C)(C)C)nc3ccc(Br)cc3c2=O)cc1OC. The summed E-state index contributed by atoms with van der Waals surface area (Å²) in [4.78, 5) is 18.0. The normalized spacial score (nSPS) is 11.8. The number of benzene rings is 2. The van der Waals surface area contributed by atoms with Crippen molar-refractivity contribution in [3.63, 3.8) is 0 Å². The smallest absolute Gasteiger partial charge is 0.282 e. The average molecular weight is 488 g/mol. The molecule has 3 rings (SSSR count). The molecule has 0 radical (unpaired) electrons. The van der Waals surface area contributed by atoms with Crippen molar-refractivity contribution >= 4 is 33.0 Å². The van der Waals surface area contributed by atoms with Crippen molar-refractivity contribution in [1.29, 1.82) is 0 Å². The molecule has 7 nitrogen and oxygen atoms in total. The predicted molar refractivity (Wildman–Crippen MR) is 126 cm³/mol. The van der Waals surface area contributed by atoms with E-state index in [0.717, 1.165) is 4.47 Å². The van der Waals surface area contributed by atoms with Crippen LogP contribution in [-0.4, -0.2) is 36.7 Å². The topological polar surface area (TPSA) is 74.9 Å². The highest BCUT2D eigenvalue weighted by molar-refractivity contribution is 9.10. The fourth-order valence-corrected chi connectivity index (χ4v) is 3.49. The predicted octanol–water partition coefficient (Wildman–Crippen LogP) is 4.75. The molecule has 0 atom stereocenters. The summed E-state index contributed by atoms with van der Waals surface area (Å²) in [5.41, 5.74) is 0.691. The van der Waals surface area contributed by atoms with Crippen LogP contribution < -0.4 is 19.8 Å². The Morgan fingerprint density at radius 3 is 2.32 bits per heavy atom. The largest absolute Gasteiger partial charge is 0.493 e. The first-order valence-electron chi connectivity index (χ1n) is 9.85. The second-order valence-corrected chi connectivity index (χ2v) is 8.81. The Morgan fingerprint density at radius 1 is 1.13 bits per heavy atom. The molecule has 1 aromatic heterocycles. The lowest BCUT2D eigenvalue weighted by Crippen LogP contribution is -2.29. The lowest BCUT2D eigenvalue weighted by molar-refractivity contribution is 0.288. The highest BCUT2D eigenvalue weighted by atomic mass is 79.9. The molecule has 3 aromatic rings. The summed E-state index contributed by atoms with van der Waals surface area (Å²) in [5, 5.41) is 4.99. The Labute approximate surface area is 189 Å². The molecule has 0 N–H and O–H groups in total. The maximum atomic E-state index is 13.3. The summed E-state index contributed by atoms with van der Waals surface area (Å²) in [6.07, 6.45) is 1.59. The minimum atomic E-state index is -0.397. The molecule has 0 saturated carbocycles. The number of hydrogen-bond donors (Lipinski definition) is 0. The molecule has 0 spiro atoms. The molecule has 0 unspecified atom stereocenters. The first kappa shape index (κ1) is 22.8. The summed E-state index contributed by atoms with van der Waals surface area (Å²) < 4.78 is 18.7. The van der Waals surface area contributed by atoms with Crippen molar-refractivity contribution in [1.82, 2.24) is 9.66 Å². The third kappa shape index (κ3) is 4.74. The Hall–Kier alpha value is -2.87. The molecular formula is C23H26BrN3O4. The number of hydrogen-bond acceptors (Lipinski definition) is 6. The van der Waals surface area contributed by atoms with Crippen LogP contribution in [0, 0.1) is 0 Å². The van der Waals surface area contributed by atoms with Crippen LogP contribution in [0.25, 0.3) is 10.9 Å². The van der Waals surface area contributed by atoms with Gasteiger partial charge in [0.1, 0.15) is 5.82 Å². The molecular weight excluding hydrogens is 462 g/mol. The quantitative estimate of drug-likeness (QED) is 0.468. The van der Waals surface area contributed by atoms with Crippen LogP contribution in [0.5, 0.6) is 17.2 Å². The van der Waals surface area contributed by atoms with Crippen LogP contribution in [-0.2, 0) is 5.41 Å². The summed E-state index contributed by atoms with van der Waals surface area (Å²) in [6, 6.07) is 9.01. The molecule has 0 aliphatic carbocycles. The Morgan fingerprint density at radius 2 is 1.77 bits per heavy atom. The van der Waals surface area contributed by atoms with E-state index in [9.17, 15) is 4.79 Å². The first-order chi connectivity index (χ1) is 14.7. The minimum absolute atomic E-state index is 0.239. The van der Waals surface area contributed by atoms with E-state index in [1.54, 1.807) is 38.6 Å². The number of fused-ring (bicyclic) bond motifs is 1. The maximum Gasteiger partial charge on any atom is 0.282 e. The monoisotopic (exact) mass is 487 g/mol. The van der Waals surface area contributed by atoms with Gasteiger partial charge in [-0.15, -0.1) is 0 Å². The molecule has 8 heteroatoms. The van der Waals surface area contributed by atoms with Gasteiger partial charge < -0.3 is 14.2 Å². The highest BCUT2D eigenvalue weighted by Crippen LogP contribution is 2.38. The molecule has 0 aliphatic heterocycles. The summed E-state index contributed by atoms with van der Waals surface area (Å²) in [5.74, 6) is 2.13. The third-order valence-electron chi connectivity index (χ3n) is 4.57. The second kappa shape index (κ2) is 9.09. The minimum Gasteiger partial charge on any atom is -0.493 e. The Bertz CT molecular complexity index is 1170. The number of methoxy groups -OCH3 is 2. The van der Waals surface area contributed by atoms with E-state index in [1.165, 1.54) is 4.68 Å². The lowest BCUT2D eigenvalue weighted by Gasteiger charge is -2.21.